The standard InChI is InChI=1S/C24H20N4O3/c29-22-20-5-1-2-6-21(20)23(30)28(22)13-16-7-9-19(10-8-16)26-24(31)27-14-18(15-27)17-4-3-11-25-12-17/h1-12,18H,13-15H2,(H,26,31). The summed E-state index contributed by atoms with van der Waals surface area (Å²) in [5, 5.41) is 2.89. The quantitative estimate of drug-likeness (QED) is 0.665. The predicted molar refractivity (Wildman–Crippen MR) is 115 cm³/mol. The Morgan fingerprint density at radius 2 is 1.61 bits per heavy atom. The molecule has 1 N–H and O–H groups in total. The zero-order valence-electron chi connectivity index (χ0n) is 16.7. The molecule has 3 heterocycles. The number of likely N-dealkylation sites (tertiary alicyclic amines) is 1. The molecule has 0 atom stereocenters. The second-order valence-corrected chi connectivity index (χ2v) is 7.76. The average Bonchev–Trinajstić information content (AvgIpc) is 3.00. The van der Waals surface area contributed by atoms with E-state index < -0.39 is 0 Å². The van der Waals surface area contributed by atoms with Gasteiger partial charge in [-0.05, 0) is 41.5 Å². The molecule has 3 aromatic rings. The Labute approximate surface area is 179 Å². The number of fused-ring (bicyclic) bond motifs is 1. The average molecular weight is 412 g/mol. The van der Waals surface area contributed by atoms with E-state index in [4.69, 9.17) is 0 Å². The van der Waals surface area contributed by atoms with Crippen LogP contribution < -0.4 is 5.32 Å². The lowest BCUT2D eigenvalue weighted by atomic mass is 9.93. The van der Waals surface area contributed by atoms with E-state index in [1.165, 1.54) is 4.90 Å². The minimum Gasteiger partial charge on any atom is -0.323 e. The van der Waals surface area contributed by atoms with Gasteiger partial charge in [0.15, 0.2) is 0 Å². The number of carbonyl (C=O) groups is 3. The Bertz CT molecular complexity index is 1120. The summed E-state index contributed by atoms with van der Waals surface area (Å²) in [6, 6.07) is 17.8. The van der Waals surface area contributed by atoms with Crippen molar-refractivity contribution < 1.29 is 14.4 Å². The maximum atomic E-state index is 12.5. The van der Waals surface area contributed by atoms with Crippen molar-refractivity contribution in [2.24, 2.45) is 0 Å². The molecule has 7 heteroatoms. The number of rotatable bonds is 4. The van der Waals surface area contributed by atoms with E-state index >= 15 is 0 Å². The number of benzene rings is 2. The second-order valence-electron chi connectivity index (χ2n) is 7.76. The van der Waals surface area contributed by atoms with E-state index in [9.17, 15) is 14.4 Å². The second kappa shape index (κ2) is 7.68. The van der Waals surface area contributed by atoms with Crippen LogP contribution >= 0.6 is 0 Å². The summed E-state index contributed by atoms with van der Waals surface area (Å²) in [6.45, 7) is 1.52. The van der Waals surface area contributed by atoms with Gasteiger partial charge in [0.2, 0.25) is 0 Å². The van der Waals surface area contributed by atoms with Gasteiger partial charge >= 0.3 is 6.03 Å². The number of anilines is 1. The molecule has 2 aliphatic heterocycles. The molecule has 2 aromatic carbocycles. The fourth-order valence-electron chi connectivity index (χ4n) is 3.93. The first-order chi connectivity index (χ1) is 15.1. The number of hydrogen-bond acceptors (Lipinski definition) is 4. The molecular weight excluding hydrogens is 392 g/mol. The van der Waals surface area contributed by atoms with Crippen molar-refractivity contribution in [3.05, 3.63) is 95.3 Å². The Balaban J connectivity index is 1.17. The van der Waals surface area contributed by atoms with E-state index in [0.29, 0.717) is 35.8 Å². The molecule has 5 rings (SSSR count). The van der Waals surface area contributed by atoms with Crippen molar-refractivity contribution in [3.63, 3.8) is 0 Å². The van der Waals surface area contributed by atoms with Gasteiger partial charge in [-0.15, -0.1) is 0 Å². The van der Waals surface area contributed by atoms with Crippen molar-refractivity contribution in [2.75, 3.05) is 18.4 Å². The van der Waals surface area contributed by atoms with Crippen LogP contribution in [0.25, 0.3) is 0 Å². The molecule has 0 bridgehead atoms. The number of nitrogens with one attached hydrogen (secondary N) is 1. The number of nitrogens with zero attached hydrogens (tertiary/aromatic N) is 3. The lowest BCUT2D eigenvalue weighted by Crippen LogP contribution is -2.50. The predicted octanol–water partition coefficient (Wildman–Crippen LogP) is 3.51. The van der Waals surface area contributed by atoms with Gasteiger partial charge in [-0.2, -0.15) is 0 Å². The molecule has 4 amide bonds. The maximum Gasteiger partial charge on any atom is 0.321 e. The van der Waals surface area contributed by atoms with E-state index in [0.717, 1.165) is 11.1 Å². The summed E-state index contributed by atoms with van der Waals surface area (Å²) < 4.78 is 0. The first kappa shape index (κ1) is 19.0. The molecule has 31 heavy (non-hydrogen) atoms. The Morgan fingerprint density at radius 1 is 0.935 bits per heavy atom. The van der Waals surface area contributed by atoms with Crippen LogP contribution in [0.4, 0.5) is 10.5 Å². The minimum absolute atomic E-state index is 0.145. The van der Waals surface area contributed by atoms with E-state index in [1.807, 2.05) is 30.5 Å². The van der Waals surface area contributed by atoms with Crippen LogP contribution in [0.15, 0.2) is 73.1 Å². The van der Waals surface area contributed by atoms with Crippen LogP contribution in [0.1, 0.15) is 37.8 Å². The molecule has 7 nitrogen and oxygen atoms in total. The van der Waals surface area contributed by atoms with Gasteiger partial charge in [-0.25, -0.2) is 4.79 Å². The van der Waals surface area contributed by atoms with Crippen LogP contribution in [0.2, 0.25) is 0 Å². The molecule has 2 aliphatic rings. The molecule has 0 unspecified atom stereocenters. The van der Waals surface area contributed by atoms with Crippen LogP contribution in [0, 0.1) is 0 Å². The summed E-state index contributed by atoms with van der Waals surface area (Å²) in [4.78, 5) is 44.6. The third-order valence-corrected chi connectivity index (χ3v) is 5.75. The van der Waals surface area contributed by atoms with Crippen molar-refractivity contribution in [3.8, 4) is 0 Å². The smallest absolute Gasteiger partial charge is 0.321 e. The third kappa shape index (κ3) is 3.54. The van der Waals surface area contributed by atoms with Crippen molar-refractivity contribution in [1.82, 2.24) is 14.8 Å². The first-order valence-corrected chi connectivity index (χ1v) is 10.1. The van der Waals surface area contributed by atoms with Crippen LogP contribution in [0.5, 0.6) is 0 Å². The zero-order valence-corrected chi connectivity index (χ0v) is 16.7. The molecule has 0 spiro atoms. The van der Waals surface area contributed by atoms with Crippen LogP contribution in [-0.4, -0.2) is 45.7 Å². The third-order valence-electron chi connectivity index (χ3n) is 5.75. The number of hydrogen-bond donors (Lipinski definition) is 1. The molecular formula is C24H20N4O3. The number of carbonyl (C=O) groups excluding carboxylic acids is 3. The van der Waals surface area contributed by atoms with Gasteiger partial charge in [-0.3, -0.25) is 19.5 Å². The van der Waals surface area contributed by atoms with Crippen molar-refractivity contribution in [2.45, 2.75) is 12.5 Å². The van der Waals surface area contributed by atoms with E-state index in [1.54, 1.807) is 47.5 Å². The Hall–Kier alpha value is -4.00. The molecule has 0 radical (unpaired) electrons. The summed E-state index contributed by atoms with van der Waals surface area (Å²) >= 11 is 0. The summed E-state index contributed by atoms with van der Waals surface area (Å²) in [6.07, 6.45) is 3.58. The van der Waals surface area contributed by atoms with Gasteiger partial charge in [0.1, 0.15) is 0 Å². The maximum absolute atomic E-state index is 12.5. The first-order valence-electron chi connectivity index (χ1n) is 10.1. The highest BCUT2D eigenvalue weighted by Crippen LogP contribution is 2.27. The lowest BCUT2D eigenvalue weighted by molar-refractivity contribution is 0.0642. The van der Waals surface area contributed by atoms with E-state index in [-0.39, 0.29) is 24.4 Å². The molecule has 154 valence electrons. The van der Waals surface area contributed by atoms with Gasteiger partial charge < -0.3 is 10.2 Å². The zero-order chi connectivity index (χ0) is 21.4. The highest BCUT2D eigenvalue weighted by atomic mass is 16.2. The molecule has 1 fully saturated rings. The van der Waals surface area contributed by atoms with Crippen molar-refractivity contribution in [1.29, 1.82) is 0 Å². The molecule has 0 aliphatic carbocycles. The molecule has 0 saturated carbocycles. The summed E-state index contributed by atoms with van der Waals surface area (Å²) in [5.41, 5.74) is 3.50. The largest absolute Gasteiger partial charge is 0.323 e. The highest BCUT2D eigenvalue weighted by molar-refractivity contribution is 6.21. The summed E-state index contributed by atoms with van der Waals surface area (Å²) in [7, 11) is 0. The monoisotopic (exact) mass is 412 g/mol. The van der Waals surface area contributed by atoms with Crippen LogP contribution in [-0.2, 0) is 6.54 Å². The number of aromatic nitrogens is 1. The lowest BCUT2D eigenvalue weighted by Gasteiger charge is -2.39. The molecule has 1 saturated heterocycles. The number of pyridine rings is 1. The molecule has 1 aromatic heterocycles. The van der Waals surface area contributed by atoms with Gasteiger partial charge in [0, 0.05) is 37.1 Å². The minimum atomic E-state index is -0.279. The number of imide groups is 1. The van der Waals surface area contributed by atoms with Gasteiger partial charge in [-0.1, -0.05) is 30.3 Å². The normalized spacial score (nSPS) is 15.6. The highest BCUT2D eigenvalue weighted by Gasteiger charge is 2.35. The fraction of sp³-hybridized carbons (Fsp3) is 0.167. The number of amides is 4. The SMILES string of the molecule is O=C(Nc1ccc(CN2C(=O)c3ccccc3C2=O)cc1)N1CC(c2cccnc2)C1. The van der Waals surface area contributed by atoms with Gasteiger partial charge in [0.25, 0.3) is 11.8 Å². The Kier molecular flexibility index (Phi) is 4.71. The van der Waals surface area contributed by atoms with Crippen LogP contribution in [0.3, 0.4) is 0 Å². The van der Waals surface area contributed by atoms with E-state index in [2.05, 4.69) is 10.3 Å². The van der Waals surface area contributed by atoms with Crippen molar-refractivity contribution >= 4 is 23.5 Å². The topological polar surface area (TPSA) is 82.6 Å². The van der Waals surface area contributed by atoms with Gasteiger partial charge in [0.05, 0.1) is 17.7 Å². The Morgan fingerprint density at radius 3 is 2.23 bits per heavy atom. The number of urea groups is 1. The summed E-state index contributed by atoms with van der Waals surface area (Å²) in [5.74, 6) is -0.237. The fourth-order valence-corrected chi connectivity index (χ4v) is 3.93.